The Morgan fingerprint density at radius 3 is 1.28 bits per heavy atom. The SMILES string of the molecule is CCP1(I)(CC)CP(I)(CC)(CC)c2ccccc2-c2ccccc21. The van der Waals surface area contributed by atoms with E-state index < -0.39 is 8.49 Å². The van der Waals surface area contributed by atoms with Crippen molar-refractivity contribution in [3.8, 4) is 11.1 Å². The normalized spacial score (nSPS) is 25.0. The number of fused-ring (bicyclic) bond motifs is 3. The summed E-state index contributed by atoms with van der Waals surface area (Å²) in [5.41, 5.74) is 3.05. The third-order valence-electron chi connectivity index (χ3n) is 6.85. The zero-order valence-electron chi connectivity index (χ0n) is 15.8. The zero-order chi connectivity index (χ0) is 18.4. The summed E-state index contributed by atoms with van der Waals surface area (Å²) in [5.74, 6) is 1.44. The van der Waals surface area contributed by atoms with Crippen molar-refractivity contribution < 1.29 is 0 Å². The molecule has 1 aliphatic rings. The van der Waals surface area contributed by atoms with Gasteiger partial charge in [0.2, 0.25) is 0 Å². The van der Waals surface area contributed by atoms with Crippen molar-refractivity contribution in [1.29, 1.82) is 0 Å². The Bertz CT molecular complexity index is 740. The zero-order valence-corrected chi connectivity index (χ0v) is 21.9. The average molecular weight is 598 g/mol. The first kappa shape index (κ1) is 20.5. The molecule has 0 unspecified atom stereocenters. The molecule has 2 aromatic carbocycles. The molecule has 0 nitrogen and oxygen atoms in total. The summed E-state index contributed by atoms with van der Waals surface area (Å²) in [4.78, 5) is 0. The third kappa shape index (κ3) is 2.88. The molecule has 0 N–H and O–H groups in total. The Morgan fingerprint density at radius 1 is 0.640 bits per heavy atom. The second-order valence-electron chi connectivity index (χ2n) is 7.62. The van der Waals surface area contributed by atoms with Gasteiger partial charge in [0.05, 0.1) is 0 Å². The average Bonchev–Trinajstić information content (AvgIpc) is 2.74. The topological polar surface area (TPSA) is 0 Å². The van der Waals surface area contributed by atoms with Crippen molar-refractivity contribution >= 4 is 63.2 Å². The fourth-order valence-electron chi connectivity index (χ4n) is 4.80. The third-order valence-corrected chi connectivity index (χ3v) is 37.8. The molecular weight excluding hydrogens is 568 g/mol. The number of rotatable bonds is 4. The summed E-state index contributed by atoms with van der Waals surface area (Å²) in [5, 5.41) is 3.38. The minimum atomic E-state index is -2.03. The number of halogens is 2. The monoisotopic (exact) mass is 598 g/mol. The van der Waals surface area contributed by atoms with Crippen LogP contribution in [0.15, 0.2) is 48.5 Å². The van der Waals surface area contributed by atoms with Gasteiger partial charge in [-0.15, -0.1) is 0 Å². The molecule has 0 amide bonds. The van der Waals surface area contributed by atoms with Gasteiger partial charge in [0, 0.05) is 0 Å². The van der Waals surface area contributed by atoms with Crippen molar-refractivity contribution in [3.05, 3.63) is 48.5 Å². The van der Waals surface area contributed by atoms with Gasteiger partial charge in [0.1, 0.15) is 0 Å². The molecule has 0 saturated heterocycles. The molecule has 0 atom stereocenters. The summed E-state index contributed by atoms with van der Waals surface area (Å²) < 4.78 is -4.06. The molecule has 0 fully saturated rings. The molecular formula is C21H30I2P2. The van der Waals surface area contributed by atoms with Gasteiger partial charge < -0.3 is 0 Å². The van der Waals surface area contributed by atoms with Crippen LogP contribution < -0.4 is 10.6 Å². The van der Waals surface area contributed by atoms with Crippen LogP contribution in [0.4, 0.5) is 0 Å². The predicted octanol–water partition coefficient (Wildman–Crippen LogP) is 7.46. The van der Waals surface area contributed by atoms with Crippen LogP contribution in [-0.4, -0.2) is 30.6 Å². The van der Waals surface area contributed by atoms with Gasteiger partial charge in [-0.3, -0.25) is 0 Å². The van der Waals surface area contributed by atoms with E-state index >= 15 is 0 Å². The van der Waals surface area contributed by atoms with Crippen molar-refractivity contribution in [1.82, 2.24) is 0 Å². The van der Waals surface area contributed by atoms with E-state index in [1.165, 1.54) is 41.7 Å². The van der Waals surface area contributed by atoms with Crippen molar-refractivity contribution in [2.24, 2.45) is 0 Å². The molecule has 0 aliphatic carbocycles. The van der Waals surface area contributed by atoms with E-state index in [9.17, 15) is 0 Å². The minimum absolute atomic E-state index is 1.31. The van der Waals surface area contributed by atoms with E-state index in [1.54, 1.807) is 10.6 Å². The maximum absolute atomic E-state index is 3.01. The molecule has 0 aromatic heterocycles. The molecule has 0 radical (unpaired) electrons. The Kier molecular flexibility index (Phi) is 5.47. The summed E-state index contributed by atoms with van der Waals surface area (Å²) >= 11 is 6.01. The number of hydrogen-bond donors (Lipinski definition) is 0. The van der Waals surface area contributed by atoms with Crippen LogP contribution in [0.3, 0.4) is 0 Å². The van der Waals surface area contributed by atoms with Crippen LogP contribution in [0.5, 0.6) is 0 Å². The van der Waals surface area contributed by atoms with Crippen LogP contribution in [0.2, 0.25) is 0 Å². The van der Waals surface area contributed by atoms with Crippen LogP contribution in [0.1, 0.15) is 27.7 Å². The molecule has 0 bridgehead atoms. The summed E-state index contributed by atoms with van der Waals surface area (Å²) in [6.07, 6.45) is 5.26. The van der Waals surface area contributed by atoms with Gasteiger partial charge >= 0.3 is 181 Å². The second-order valence-corrected chi connectivity index (χ2v) is 33.8. The van der Waals surface area contributed by atoms with E-state index in [-0.39, 0.29) is 0 Å². The van der Waals surface area contributed by atoms with Gasteiger partial charge in [-0.05, 0) is 0 Å². The van der Waals surface area contributed by atoms with Crippen molar-refractivity contribution in [2.75, 3.05) is 30.6 Å². The predicted molar refractivity (Wildman–Crippen MR) is 140 cm³/mol. The molecule has 0 saturated carbocycles. The Morgan fingerprint density at radius 2 is 0.960 bits per heavy atom. The van der Waals surface area contributed by atoms with Crippen molar-refractivity contribution in [2.45, 2.75) is 27.7 Å². The Balaban J connectivity index is 2.54. The first-order valence-electron chi connectivity index (χ1n) is 9.42. The maximum atomic E-state index is 3.01. The standard InChI is InChI=1S/C21H30I2P2/c1-5-24(22,6-2)17-25(23,7-3,8-4)21-16-12-10-14-19(21)18-13-9-11-15-20(18)24/h9-16H,5-8,17H2,1-4H3. The molecule has 3 rings (SSSR count). The molecule has 138 valence electrons. The van der Waals surface area contributed by atoms with Gasteiger partial charge in [-0.25, -0.2) is 0 Å². The number of hydrogen-bond acceptors (Lipinski definition) is 0. The molecule has 1 aliphatic heterocycles. The van der Waals surface area contributed by atoms with E-state index in [4.69, 9.17) is 0 Å². The first-order valence-corrected chi connectivity index (χ1v) is 20.6. The molecule has 25 heavy (non-hydrogen) atoms. The molecule has 4 heteroatoms. The van der Waals surface area contributed by atoms with Gasteiger partial charge in [0.25, 0.3) is 0 Å². The van der Waals surface area contributed by atoms with Crippen LogP contribution in [0.25, 0.3) is 11.1 Å². The van der Waals surface area contributed by atoms with Crippen LogP contribution in [-0.2, 0) is 0 Å². The Hall–Kier alpha value is 0.760. The van der Waals surface area contributed by atoms with Gasteiger partial charge in [0.15, 0.2) is 0 Å². The van der Waals surface area contributed by atoms with Crippen molar-refractivity contribution in [3.63, 3.8) is 0 Å². The molecule has 1 heterocycles. The molecule has 2 aromatic rings. The van der Waals surface area contributed by atoms with E-state index in [1.807, 2.05) is 0 Å². The quantitative estimate of drug-likeness (QED) is 0.253. The van der Waals surface area contributed by atoms with Crippen LogP contribution >= 0.6 is 52.6 Å². The summed E-state index contributed by atoms with van der Waals surface area (Å²) in [7, 11) is 0. The Labute approximate surface area is 179 Å². The summed E-state index contributed by atoms with van der Waals surface area (Å²) in [6.45, 7) is 9.85. The van der Waals surface area contributed by atoms with E-state index in [2.05, 4.69) is 120 Å². The van der Waals surface area contributed by atoms with E-state index in [0.717, 1.165) is 0 Å². The van der Waals surface area contributed by atoms with Gasteiger partial charge in [-0.1, -0.05) is 0 Å². The summed E-state index contributed by atoms with van der Waals surface area (Å²) in [6, 6.07) is 18.8. The fraction of sp³-hybridized carbons (Fsp3) is 0.429. The van der Waals surface area contributed by atoms with Gasteiger partial charge in [-0.2, -0.15) is 0 Å². The molecule has 0 spiro atoms. The van der Waals surface area contributed by atoms with Crippen LogP contribution in [0, 0.1) is 0 Å². The van der Waals surface area contributed by atoms with E-state index in [0.29, 0.717) is 0 Å². The number of benzene rings is 2. The fourth-order valence-corrected chi connectivity index (χ4v) is 41.0. The first-order chi connectivity index (χ1) is 11.8. The second kappa shape index (κ2) is 6.68.